The molecular formula is C15H29NO. The molecule has 0 spiro atoms. The average molecular weight is 239 g/mol. The molecule has 1 aliphatic carbocycles. The molecule has 0 aromatic heterocycles. The highest BCUT2D eigenvalue weighted by atomic mass is 16.5. The fraction of sp³-hybridized carbons (Fsp3) is 1.00. The third kappa shape index (κ3) is 3.96. The van der Waals surface area contributed by atoms with Crippen LogP contribution >= 0.6 is 0 Å². The Kier molecular flexibility index (Phi) is 4.87. The molecule has 2 fully saturated rings. The van der Waals surface area contributed by atoms with Gasteiger partial charge in [0.05, 0.1) is 5.60 Å². The molecule has 1 aliphatic heterocycles. The molecule has 1 atom stereocenters. The second-order valence-electron chi connectivity index (χ2n) is 6.29. The first-order valence-corrected chi connectivity index (χ1v) is 7.59. The maximum atomic E-state index is 5.83. The number of ether oxygens (including phenoxy) is 1. The van der Waals surface area contributed by atoms with Gasteiger partial charge in [-0.1, -0.05) is 19.8 Å². The molecule has 0 aromatic rings. The van der Waals surface area contributed by atoms with Crippen molar-refractivity contribution in [3.63, 3.8) is 0 Å². The largest absolute Gasteiger partial charge is 0.374 e. The lowest BCUT2D eigenvalue weighted by molar-refractivity contribution is 0.0173. The summed E-state index contributed by atoms with van der Waals surface area (Å²) in [4.78, 5) is 0. The van der Waals surface area contributed by atoms with Gasteiger partial charge in [-0.2, -0.15) is 0 Å². The maximum absolute atomic E-state index is 5.83. The van der Waals surface area contributed by atoms with E-state index < -0.39 is 0 Å². The third-order valence-electron chi connectivity index (χ3n) is 4.61. The lowest BCUT2D eigenvalue weighted by Gasteiger charge is -2.32. The molecule has 0 amide bonds. The van der Waals surface area contributed by atoms with Gasteiger partial charge >= 0.3 is 0 Å². The van der Waals surface area contributed by atoms with E-state index in [2.05, 4.69) is 19.2 Å². The third-order valence-corrected chi connectivity index (χ3v) is 4.61. The van der Waals surface area contributed by atoms with Crippen molar-refractivity contribution in [3.8, 4) is 0 Å². The number of nitrogens with one attached hydrogen (secondary N) is 1. The summed E-state index contributed by atoms with van der Waals surface area (Å²) in [6.07, 6.45) is 10.9. The highest BCUT2D eigenvalue weighted by Crippen LogP contribution is 2.29. The van der Waals surface area contributed by atoms with Crippen LogP contribution in [0.25, 0.3) is 0 Å². The summed E-state index contributed by atoms with van der Waals surface area (Å²) in [7, 11) is 0. The normalized spacial score (nSPS) is 38.5. The van der Waals surface area contributed by atoms with Crippen molar-refractivity contribution >= 4 is 0 Å². The summed E-state index contributed by atoms with van der Waals surface area (Å²) in [6.45, 7) is 6.58. The molecule has 1 saturated carbocycles. The minimum atomic E-state index is 0.125. The maximum Gasteiger partial charge on any atom is 0.0779 e. The fourth-order valence-corrected chi connectivity index (χ4v) is 3.40. The van der Waals surface area contributed by atoms with Gasteiger partial charge in [-0.25, -0.2) is 0 Å². The van der Waals surface area contributed by atoms with Crippen LogP contribution in [0.4, 0.5) is 0 Å². The van der Waals surface area contributed by atoms with Crippen molar-refractivity contribution in [1.29, 1.82) is 0 Å². The zero-order chi connectivity index (χ0) is 12.1. The van der Waals surface area contributed by atoms with Crippen LogP contribution in [-0.4, -0.2) is 24.8 Å². The molecule has 1 heterocycles. The van der Waals surface area contributed by atoms with Crippen molar-refractivity contribution < 1.29 is 4.74 Å². The molecule has 2 heteroatoms. The van der Waals surface area contributed by atoms with Crippen LogP contribution in [0, 0.1) is 5.92 Å². The fourth-order valence-electron chi connectivity index (χ4n) is 3.40. The summed E-state index contributed by atoms with van der Waals surface area (Å²) in [5.74, 6) is 1.01. The van der Waals surface area contributed by atoms with Gasteiger partial charge in [0.2, 0.25) is 0 Å². The first kappa shape index (κ1) is 13.4. The van der Waals surface area contributed by atoms with E-state index in [-0.39, 0.29) is 5.60 Å². The summed E-state index contributed by atoms with van der Waals surface area (Å²) >= 11 is 0. The molecule has 0 bridgehead atoms. The first-order valence-electron chi connectivity index (χ1n) is 7.59. The Morgan fingerprint density at radius 3 is 2.59 bits per heavy atom. The SMILES string of the molecule is CCCC1CCC(NCC2(C)CCCO2)CC1. The summed E-state index contributed by atoms with van der Waals surface area (Å²) in [6, 6.07) is 0.754. The van der Waals surface area contributed by atoms with E-state index in [9.17, 15) is 0 Å². The van der Waals surface area contributed by atoms with Crippen molar-refractivity contribution in [2.45, 2.75) is 76.9 Å². The van der Waals surface area contributed by atoms with Gasteiger partial charge in [-0.15, -0.1) is 0 Å². The first-order chi connectivity index (χ1) is 8.22. The smallest absolute Gasteiger partial charge is 0.0779 e. The van der Waals surface area contributed by atoms with Gasteiger partial charge in [-0.05, 0) is 51.4 Å². The van der Waals surface area contributed by atoms with Crippen LogP contribution in [0.2, 0.25) is 0 Å². The van der Waals surface area contributed by atoms with Gasteiger partial charge in [0.1, 0.15) is 0 Å². The molecular weight excluding hydrogens is 210 g/mol. The Balaban J connectivity index is 1.64. The quantitative estimate of drug-likeness (QED) is 0.793. The number of hydrogen-bond acceptors (Lipinski definition) is 2. The van der Waals surface area contributed by atoms with Crippen molar-refractivity contribution in [3.05, 3.63) is 0 Å². The zero-order valence-corrected chi connectivity index (χ0v) is 11.6. The molecule has 0 radical (unpaired) electrons. The van der Waals surface area contributed by atoms with E-state index in [1.807, 2.05) is 0 Å². The molecule has 1 N–H and O–H groups in total. The van der Waals surface area contributed by atoms with E-state index in [1.54, 1.807) is 0 Å². The van der Waals surface area contributed by atoms with Crippen molar-refractivity contribution in [2.75, 3.05) is 13.2 Å². The Bertz CT molecular complexity index is 215. The summed E-state index contributed by atoms with van der Waals surface area (Å²) in [5.41, 5.74) is 0.125. The van der Waals surface area contributed by atoms with E-state index in [0.717, 1.165) is 25.1 Å². The van der Waals surface area contributed by atoms with Crippen LogP contribution in [-0.2, 0) is 4.74 Å². The number of hydrogen-bond donors (Lipinski definition) is 1. The molecule has 100 valence electrons. The molecule has 1 unspecified atom stereocenters. The Labute approximate surface area is 107 Å². The van der Waals surface area contributed by atoms with E-state index >= 15 is 0 Å². The Morgan fingerprint density at radius 1 is 1.24 bits per heavy atom. The molecule has 0 aromatic carbocycles. The predicted octanol–water partition coefficient (Wildman–Crippen LogP) is 3.50. The minimum absolute atomic E-state index is 0.125. The molecule has 17 heavy (non-hydrogen) atoms. The predicted molar refractivity (Wildman–Crippen MR) is 72.2 cm³/mol. The monoisotopic (exact) mass is 239 g/mol. The summed E-state index contributed by atoms with van der Waals surface area (Å²) in [5, 5.41) is 3.74. The standard InChI is InChI=1S/C15H29NO/c1-3-5-13-6-8-14(9-7-13)16-12-15(2)10-4-11-17-15/h13-14,16H,3-12H2,1-2H3. The van der Waals surface area contributed by atoms with E-state index in [0.29, 0.717) is 0 Å². The van der Waals surface area contributed by atoms with Gasteiger partial charge in [0.15, 0.2) is 0 Å². The van der Waals surface area contributed by atoms with Gasteiger partial charge in [-0.3, -0.25) is 0 Å². The highest BCUT2D eigenvalue weighted by Gasteiger charge is 2.30. The topological polar surface area (TPSA) is 21.3 Å². The van der Waals surface area contributed by atoms with E-state index in [4.69, 9.17) is 4.74 Å². The Hall–Kier alpha value is -0.0800. The average Bonchev–Trinajstić information content (AvgIpc) is 2.76. The second-order valence-corrected chi connectivity index (χ2v) is 6.29. The zero-order valence-electron chi connectivity index (χ0n) is 11.6. The Morgan fingerprint density at radius 2 is 2.00 bits per heavy atom. The lowest BCUT2D eigenvalue weighted by Crippen LogP contribution is -2.43. The van der Waals surface area contributed by atoms with Crippen LogP contribution in [0.1, 0.15) is 65.2 Å². The minimum Gasteiger partial charge on any atom is -0.374 e. The molecule has 2 nitrogen and oxygen atoms in total. The van der Waals surface area contributed by atoms with E-state index in [1.165, 1.54) is 51.4 Å². The van der Waals surface area contributed by atoms with Crippen LogP contribution in [0.15, 0.2) is 0 Å². The van der Waals surface area contributed by atoms with Gasteiger partial charge < -0.3 is 10.1 Å². The van der Waals surface area contributed by atoms with Gasteiger partial charge in [0.25, 0.3) is 0 Å². The number of rotatable bonds is 5. The highest BCUT2D eigenvalue weighted by molar-refractivity contribution is 4.85. The summed E-state index contributed by atoms with van der Waals surface area (Å²) < 4.78 is 5.83. The molecule has 2 aliphatic rings. The lowest BCUT2D eigenvalue weighted by atomic mass is 9.83. The van der Waals surface area contributed by atoms with Crippen LogP contribution in [0.5, 0.6) is 0 Å². The van der Waals surface area contributed by atoms with Gasteiger partial charge in [0, 0.05) is 19.2 Å². The van der Waals surface area contributed by atoms with Crippen molar-refractivity contribution in [2.24, 2.45) is 5.92 Å². The van der Waals surface area contributed by atoms with Crippen molar-refractivity contribution in [1.82, 2.24) is 5.32 Å². The van der Waals surface area contributed by atoms with Crippen LogP contribution < -0.4 is 5.32 Å². The van der Waals surface area contributed by atoms with Crippen LogP contribution in [0.3, 0.4) is 0 Å². The molecule has 2 rings (SSSR count). The second kappa shape index (κ2) is 6.19. The molecule has 1 saturated heterocycles.